The fourth-order valence-corrected chi connectivity index (χ4v) is 1.49. The van der Waals surface area contributed by atoms with Crippen LogP contribution in [0.4, 0.5) is 5.69 Å². The van der Waals surface area contributed by atoms with Crippen molar-refractivity contribution >= 4 is 15.7 Å². The third-order valence-corrected chi connectivity index (χ3v) is 3.42. The molecule has 0 aliphatic carbocycles. The average Bonchev–Trinajstić information content (AvgIpc) is 2.05. The number of nitrogens with one attached hydrogen (secondary N) is 1. The van der Waals surface area contributed by atoms with Crippen molar-refractivity contribution in [3.05, 3.63) is 30.3 Å². The van der Waals surface area contributed by atoms with Gasteiger partial charge in [0.25, 0.3) is 0 Å². The van der Waals surface area contributed by atoms with E-state index >= 15 is 0 Å². The van der Waals surface area contributed by atoms with Crippen molar-refractivity contribution in [3.8, 4) is 0 Å². The van der Waals surface area contributed by atoms with Crippen molar-refractivity contribution in [3.63, 3.8) is 0 Å². The minimum atomic E-state index is -3.20. The predicted octanol–water partition coefficient (Wildman–Crippen LogP) is 1.84. The first-order chi connectivity index (χ1) is 6.02. The van der Waals surface area contributed by atoms with Crippen LogP contribution < -0.4 is 4.72 Å². The second kappa shape index (κ2) is 3.79. The molecule has 4 heteroatoms. The third-order valence-electron chi connectivity index (χ3n) is 1.65. The molecule has 1 aromatic rings. The molecule has 0 heterocycles. The molecule has 0 saturated carbocycles. The van der Waals surface area contributed by atoms with Crippen molar-refractivity contribution in [1.29, 1.82) is 0 Å². The lowest BCUT2D eigenvalue weighted by Gasteiger charge is -2.09. The van der Waals surface area contributed by atoms with Gasteiger partial charge in [0.2, 0.25) is 10.0 Å². The summed E-state index contributed by atoms with van der Waals surface area (Å²) >= 11 is 0. The molecule has 0 fully saturated rings. The van der Waals surface area contributed by atoms with Gasteiger partial charge in [-0.25, -0.2) is 8.42 Å². The summed E-state index contributed by atoms with van der Waals surface area (Å²) in [5, 5.41) is -0.410. The summed E-state index contributed by atoms with van der Waals surface area (Å²) in [5.74, 6) is 0. The standard InChI is InChI=1S/C9H13NO2S/c1-8(2)13(11,12)10-9-6-4-3-5-7-9/h3-8,10H,1-2H3. The molecule has 1 rings (SSSR count). The van der Waals surface area contributed by atoms with E-state index in [0.29, 0.717) is 5.69 Å². The maximum absolute atomic E-state index is 11.4. The maximum atomic E-state index is 11.4. The molecule has 0 radical (unpaired) electrons. The number of hydrogen-bond donors (Lipinski definition) is 1. The molecule has 1 aromatic carbocycles. The Bertz CT molecular complexity index is 356. The predicted molar refractivity (Wildman–Crippen MR) is 54.1 cm³/mol. The smallest absolute Gasteiger partial charge is 0.235 e. The fraction of sp³-hybridized carbons (Fsp3) is 0.333. The van der Waals surface area contributed by atoms with E-state index in [0.717, 1.165) is 0 Å². The number of para-hydroxylation sites is 1. The molecule has 3 nitrogen and oxygen atoms in total. The minimum absolute atomic E-state index is 0.410. The first-order valence-corrected chi connectivity index (χ1v) is 5.63. The van der Waals surface area contributed by atoms with Gasteiger partial charge in [0, 0.05) is 5.69 Å². The first-order valence-electron chi connectivity index (χ1n) is 4.09. The Hall–Kier alpha value is -1.03. The molecule has 1 N–H and O–H groups in total. The van der Waals surface area contributed by atoms with Crippen molar-refractivity contribution in [2.75, 3.05) is 4.72 Å². The van der Waals surface area contributed by atoms with Crippen molar-refractivity contribution in [2.45, 2.75) is 19.1 Å². The topological polar surface area (TPSA) is 46.2 Å². The van der Waals surface area contributed by atoms with Crippen LogP contribution in [0.15, 0.2) is 30.3 Å². The van der Waals surface area contributed by atoms with Crippen LogP contribution in [-0.2, 0) is 10.0 Å². The highest BCUT2D eigenvalue weighted by Crippen LogP contribution is 2.10. The molecule has 0 unspecified atom stereocenters. The van der Waals surface area contributed by atoms with E-state index in [1.54, 1.807) is 38.1 Å². The highest BCUT2D eigenvalue weighted by atomic mass is 32.2. The van der Waals surface area contributed by atoms with E-state index < -0.39 is 15.3 Å². The van der Waals surface area contributed by atoms with Gasteiger partial charge in [-0.2, -0.15) is 0 Å². The molecule has 0 saturated heterocycles. The van der Waals surface area contributed by atoms with E-state index in [-0.39, 0.29) is 0 Å². The Balaban J connectivity index is 2.82. The Morgan fingerprint density at radius 3 is 2.15 bits per heavy atom. The van der Waals surface area contributed by atoms with Gasteiger partial charge >= 0.3 is 0 Å². The number of anilines is 1. The highest BCUT2D eigenvalue weighted by Gasteiger charge is 2.14. The summed E-state index contributed by atoms with van der Waals surface area (Å²) < 4.78 is 25.3. The van der Waals surface area contributed by atoms with E-state index in [9.17, 15) is 8.42 Å². The van der Waals surface area contributed by atoms with Crippen LogP contribution in [0.25, 0.3) is 0 Å². The van der Waals surface area contributed by atoms with Gasteiger partial charge in [0.05, 0.1) is 5.25 Å². The normalized spacial score (nSPS) is 11.6. The Morgan fingerprint density at radius 2 is 1.69 bits per heavy atom. The molecular weight excluding hydrogens is 186 g/mol. The summed E-state index contributed by atoms with van der Waals surface area (Å²) in [7, 11) is -3.20. The summed E-state index contributed by atoms with van der Waals surface area (Å²) in [6, 6.07) is 8.86. The van der Waals surface area contributed by atoms with Crippen LogP contribution in [0.3, 0.4) is 0 Å². The number of rotatable bonds is 3. The molecular formula is C9H13NO2S. The lowest BCUT2D eigenvalue weighted by atomic mass is 10.3. The van der Waals surface area contributed by atoms with Gasteiger partial charge < -0.3 is 0 Å². The van der Waals surface area contributed by atoms with Crippen LogP contribution in [-0.4, -0.2) is 13.7 Å². The van der Waals surface area contributed by atoms with Crippen LogP contribution in [0.5, 0.6) is 0 Å². The SMILES string of the molecule is CC(C)S(=O)(=O)Nc1ccccc1. The molecule has 0 aliphatic heterocycles. The Morgan fingerprint density at radius 1 is 1.15 bits per heavy atom. The molecule has 72 valence electrons. The lowest BCUT2D eigenvalue weighted by molar-refractivity contribution is 0.593. The highest BCUT2D eigenvalue weighted by molar-refractivity contribution is 7.93. The fourth-order valence-electron chi connectivity index (χ4n) is 0.788. The molecule has 0 aliphatic rings. The van der Waals surface area contributed by atoms with E-state index in [1.165, 1.54) is 0 Å². The molecule has 0 spiro atoms. The zero-order valence-corrected chi connectivity index (χ0v) is 8.51. The Kier molecular flexibility index (Phi) is 2.93. The van der Waals surface area contributed by atoms with Gasteiger partial charge in [-0.05, 0) is 26.0 Å². The van der Waals surface area contributed by atoms with E-state index in [1.807, 2.05) is 6.07 Å². The number of sulfonamides is 1. The van der Waals surface area contributed by atoms with Crippen LogP contribution >= 0.6 is 0 Å². The summed E-state index contributed by atoms with van der Waals surface area (Å²) in [6.45, 7) is 3.29. The zero-order chi connectivity index (χ0) is 9.90. The van der Waals surface area contributed by atoms with Crippen LogP contribution in [0, 0.1) is 0 Å². The van der Waals surface area contributed by atoms with Crippen molar-refractivity contribution in [2.24, 2.45) is 0 Å². The van der Waals surface area contributed by atoms with Gasteiger partial charge in [0.1, 0.15) is 0 Å². The second-order valence-electron chi connectivity index (χ2n) is 3.06. The van der Waals surface area contributed by atoms with E-state index in [2.05, 4.69) is 4.72 Å². The Labute approximate surface area is 78.8 Å². The molecule has 0 amide bonds. The minimum Gasteiger partial charge on any atom is -0.283 e. The van der Waals surface area contributed by atoms with Crippen molar-refractivity contribution in [1.82, 2.24) is 0 Å². The third kappa shape index (κ3) is 2.73. The zero-order valence-electron chi connectivity index (χ0n) is 7.69. The first kappa shape index (κ1) is 10.1. The maximum Gasteiger partial charge on any atom is 0.235 e. The summed E-state index contributed by atoms with van der Waals surface area (Å²) in [5.41, 5.74) is 0.608. The van der Waals surface area contributed by atoms with Crippen LogP contribution in [0.2, 0.25) is 0 Å². The van der Waals surface area contributed by atoms with Gasteiger partial charge in [-0.1, -0.05) is 18.2 Å². The summed E-state index contributed by atoms with van der Waals surface area (Å²) in [6.07, 6.45) is 0. The lowest BCUT2D eigenvalue weighted by Crippen LogP contribution is -2.22. The van der Waals surface area contributed by atoms with Gasteiger partial charge in [-0.3, -0.25) is 4.72 Å². The van der Waals surface area contributed by atoms with E-state index in [4.69, 9.17) is 0 Å². The summed E-state index contributed by atoms with van der Waals surface area (Å²) in [4.78, 5) is 0. The average molecular weight is 199 g/mol. The molecule has 0 atom stereocenters. The number of hydrogen-bond acceptors (Lipinski definition) is 2. The van der Waals surface area contributed by atoms with Crippen LogP contribution in [0.1, 0.15) is 13.8 Å². The molecule has 0 aromatic heterocycles. The largest absolute Gasteiger partial charge is 0.283 e. The number of benzene rings is 1. The molecule has 13 heavy (non-hydrogen) atoms. The van der Waals surface area contributed by atoms with Gasteiger partial charge in [0.15, 0.2) is 0 Å². The van der Waals surface area contributed by atoms with Crippen molar-refractivity contribution < 1.29 is 8.42 Å². The van der Waals surface area contributed by atoms with Gasteiger partial charge in [-0.15, -0.1) is 0 Å². The second-order valence-corrected chi connectivity index (χ2v) is 5.30. The molecule has 0 bridgehead atoms. The monoisotopic (exact) mass is 199 g/mol. The quantitative estimate of drug-likeness (QED) is 0.807.